The molecule has 0 aromatic heterocycles. The van der Waals surface area contributed by atoms with Crippen LogP contribution in [-0.4, -0.2) is 127 Å². The Labute approximate surface area is 321 Å². The maximum atomic E-state index is 12.2. The van der Waals surface area contributed by atoms with E-state index in [9.17, 15) is 40.9 Å². The second-order valence-electron chi connectivity index (χ2n) is 19.6. The van der Waals surface area contributed by atoms with E-state index in [2.05, 4.69) is 67.5 Å². The molecule has 0 bridgehead atoms. The van der Waals surface area contributed by atoms with E-state index in [0.717, 1.165) is 25.7 Å². The summed E-state index contributed by atoms with van der Waals surface area (Å²) in [7, 11) is 0. The second-order valence-corrected chi connectivity index (χ2v) is 19.6. The molecule has 6 fully saturated rings. The van der Waals surface area contributed by atoms with E-state index in [1.54, 1.807) is 0 Å². The molecule has 6 rings (SSSR count). The van der Waals surface area contributed by atoms with Crippen molar-refractivity contribution in [2.24, 2.45) is 45.3 Å². The van der Waals surface area contributed by atoms with Crippen LogP contribution in [-0.2, 0) is 18.9 Å². The highest BCUT2D eigenvalue weighted by molar-refractivity contribution is 5.24. The van der Waals surface area contributed by atoms with Gasteiger partial charge in [-0.1, -0.05) is 57.9 Å². The minimum Gasteiger partial charge on any atom is -0.394 e. The molecule has 20 atom stereocenters. The molecule has 8 N–H and O–H groups in total. The highest BCUT2D eigenvalue weighted by atomic mass is 16.8. The van der Waals surface area contributed by atoms with Crippen molar-refractivity contribution in [2.75, 3.05) is 6.61 Å². The van der Waals surface area contributed by atoms with Gasteiger partial charge >= 0.3 is 0 Å². The lowest BCUT2D eigenvalue weighted by Gasteiger charge is -2.72. The van der Waals surface area contributed by atoms with Gasteiger partial charge in [0.2, 0.25) is 0 Å². The molecular formula is C42H70O12. The number of hydrogen-bond acceptors (Lipinski definition) is 12. The summed E-state index contributed by atoms with van der Waals surface area (Å²) in [6.07, 6.45) is -6.05. The van der Waals surface area contributed by atoms with Gasteiger partial charge in [0.25, 0.3) is 0 Å². The maximum absolute atomic E-state index is 12.2. The average molecular weight is 767 g/mol. The van der Waals surface area contributed by atoms with Crippen molar-refractivity contribution in [1.29, 1.82) is 0 Å². The number of hydrogen-bond donors (Lipinski definition) is 8. The third kappa shape index (κ3) is 6.79. The molecule has 4 aliphatic carbocycles. The van der Waals surface area contributed by atoms with Crippen molar-refractivity contribution in [1.82, 2.24) is 0 Å². The highest BCUT2D eigenvalue weighted by Crippen LogP contribution is 2.76. The van der Waals surface area contributed by atoms with Crippen molar-refractivity contribution < 1.29 is 59.8 Å². The van der Waals surface area contributed by atoms with E-state index < -0.39 is 91.7 Å². The summed E-state index contributed by atoms with van der Waals surface area (Å²) < 4.78 is 25.2. The van der Waals surface area contributed by atoms with Gasteiger partial charge in [-0.05, 0) is 118 Å². The minimum absolute atomic E-state index is 0.0381. The average Bonchev–Trinajstić information content (AvgIpc) is 3.48. The molecule has 0 aromatic carbocycles. The van der Waals surface area contributed by atoms with Gasteiger partial charge in [-0.3, -0.25) is 0 Å². The van der Waals surface area contributed by atoms with Crippen LogP contribution in [0.3, 0.4) is 0 Å². The molecule has 12 heteroatoms. The second kappa shape index (κ2) is 15.3. The number of fused-ring (bicyclic) bond motifs is 5. The van der Waals surface area contributed by atoms with Gasteiger partial charge in [-0.25, -0.2) is 0 Å². The van der Waals surface area contributed by atoms with Crippen LogP contribution in [0.25, 0.3) is 0 Å². The number of allylic oxidation sites excluding steroid dienone is 4. The van der Waals surface area contributed by atoms with E-state index in [-0.39, 0.29) is 39.9 Å². The minimum atomic E-state index is -1.68. The zero-order valence-electron chi connectivity index (χ0n) is 33.8. The Balaban J connectivity index is 1.39. The van der Waals surface area contributed by atoms with Crippen LogP contribution >= 0.6 is 0 Å². The molecule has 0 aromatic rings. The van der Waals surface area contributed by atoms with Crippen LogP contribution < -0.4 is 0 Å². The first-order valence-electron chi connectivity index (χ1n) is 20.4. The Morgan fingerprint density at radius 1 is 0.759 bits per heavy atom. The van der Waals surface area contributed by atoms with Gasteiger partial charge < -0.3 is 59.8 Å². The van der Waals surface area contributed by atoms with Crippen molar-refractivity contribution in [2.45, 2.75) is 187 Å². The maximum Gasteiger partial charge on any atom is 0.187 e. The number of aliphatic hydroxyl groups excluding tert-OH is 8. The summed E-state index contributed by atoms with van der Waals surface area (Å²) in [6.45, 7) is 18.5. The van der Waals surface area contributed by atoms with Crippen molar-refractivity contribution in [3.63, 3.8) is 0 Å². The van der Waals surface area contributed by atoms with Crippen LogP contribution in [0, 0.1) is 45.3 Å². The first-order valence-corrected chi connectivity index (χ1v) is 20.4. The molecule has 0 spiro atoms. The molecular weight excluding hydrogens is 696 g/mol. The van der Waals surface area contributed by atoms with E-state index in [1.165, 1.54) is 18.1 Å². The van der Waals surface area contributed by atoms with Crippen LogP contribution in [0.15, 0.2) is 23.3 Å². The molecule has 4 saturated carbocycles. The quantitative estimate of drug-likeness (QED) is 0.133. The van der Waals surface area contributed by atoms with Crippen LogP contribution in [0.1, 0.15) is 107 Å². The van der Waals surface area contributed by atoms with Crippen molar-refractivity contribution in [3.05, 3.63) is 23.3 Å². The predicted octanol–water partition coefficient (Wildman–Crippen LogP) is 2.95. The van der Waals surface area contributed by atoms with Crippen LogP contribution in [0.2, 0.25) is 0 Å². The Kier molecular flexibility index (Phi) is 12.1. The van der Waals surface area contributed by atoms with E-state index >= 15 is 0 Å². The molecule has 12 nitrogen and oxygen atoms in total. The number of rotatable bonds is 8. The van der Waals surface area contributed by atoms with Crippen molar-refractivity contribution in [3.8, 4) is 0 Å². The Morgan fingerprint density at radius 3 is 2.09 bits per heavy atom. The summed E-state index contributed by atoms with van der Waals surface area (Å²) in [5.74, 6) is 0.165. The highest BCUT2D eigenvalue weighted by Gasteiger charge is 2.73. The van der Waals surface area contributed by atoms with E-state index in [1.807, 2.05) is 0 Å². The topological polar surface area (TPSA) is 199 Å². The van der Waals surface area contributed by atoms with E-state index in [0.29, 0.717) is 19.3 Å². The lowest BCUT2D eigenvalue weighted by molar-refractivity contribution is -0.381. The molecule has 310 valence electrons. The molecule has 0 amide bonds. The van der Waals surface area contributed by atoms with Gasteiger partial charge in [0, 0.05) is 0 Å². The predicted molar refractivity (Wildman–Crippen MR) is 199 cm³/mol. The normalized spacial score (nSPS) is 53.3. The number of aliphatic hydroxyl groups is 8. The van der Waals surface area contributed by atoms with Gasteiger partial charge in [0.15, 0.2) is 12.6 Å². The first-order chi connectivity index (χ1) is 25.1. The van der Waals surface area contributed by atoms with Crippen LogP contribution in [0.5, 0.6) is 0 Å². The lowest BCUT2D eigenvalue weighted by Crippen LogP contribution is -2.71. The number of ether oxygens (including phenoxy) is 4. The van der Waals surface area contributed by atoms with Gasteiger partial charge in [-0.2, -0.15) is 0 Å². The third-order valence-electron chi connectivity index (χ3n) is 16.0. The molecule has 0 unspecified atom stereocenters. The smallest absolute Gasteiger partial charge is 0.187 e. The molecule has 2 saturated heterocycles. The fraction of sp³-hybridized carbons (Fsp3) is 0.905. The third-order valence-corrected chi connectivity index (χ3v) is 16.0. The Morgan fingerprint density at radius 2 is 1.44 bits per heavy atom. The first kappa shape index (κ1) is 42.6. The van der Waals surface area contributed by atoms with Crippen LogP contribution in [0.4, 0.5) is 0 Å². The SMILES string of the molecule is CC(C)=CCC=C(C)[C@H]1CC[C@]2(C)[C@@H]1[C@H](O)C[C@@H]1[C@@]3(C)CC[C@H](O)C(C)(C)[C@@H]3[C@@H](O[C@@H]3O[C@H](CO)[C@@H](O)[C@H](O)[C@H]3O[C@@H]3O[C@@H](C)[C@H](O)[C@@H](O)[C@H]3O)C[C@]12C. The van der Waals surface area contributed by atoms with E-state index in [4.69, 9.17) is 18.9 Å². The Hall–Kier alpha value is -1.00. The molecule has 6 aliphatic rings. The summed E-state index contributed by atoms with van der Waals surface area (Å²) in [6, 6.07) is 0. The van der Waals surface area contributed by atoms with Crippen molar-refractivity contribution >= 4 is 0 Å². The molecule has 54 heavy (non-hydrogen) atoms. The largest absolute Gasteiger partial charge is 0.394 e. The fourth-order valence-electron chi connectivity index (χ4n) is 12.9. The summed E-state index contributed by atoms with van der Waals surface area (Å²) in [4.78, 5) is 0. The Bertz CT molecular complexity index is 1400. The summed E-state index contributed by atoms with van der Waals surface area (Å²) in [5, 5.41) is 88.2. The van der Waals surface area contributed by atoms with Gasteiger partial charge in [-0.15, -0.1) is 0 Å². The van der Waals surface area contributed by atoms with Gasteiger partial charge in [0.05, 0.1) is 31.0 Å². The molecule has 2 aliphatic heterocycles. The lowest BCUT2D eigenvalue weighted by atomic mass is 9.34. The zero-order valence-corrected chi connectivity index (χ0v) is 33.8. The fourth-order valence-corrected chi connectivity index (χ4v) is 12.9. The summed E-state index contributed by atoms with van der Waals surface area (Å²) >= 11 is 0. The summed E-state index contributed by atoms with van der Waals surface area (Å²) in [5.41, 5.74) is 1.01. The zero-order chi connectivity index (χ0) is 39.9. The monoisotopic (exact) mass is 766 g/mol. The molecule has 0 radical (unpaired) electrons. The standard InChI is InChI=1S/C42H70O12/c1-20(2)11-10-12-21(3)23-13-16-41(8)29(23)24(44)17-27-40(7)15-14-28(45)39(5,6)36(40)25(18-42(27,41)9)52-38-35(33(49)31(47)26(19-43)53-38)54-37-34(50)32(48)30(46)22(4)51-37/h11-12,22-38,43-50H,10,13-19H2,1-9H3/t22-,23+,24+,25-,26+,27+,28-,29-,30-,31+,32+,33-,34+,35+,36-,37-,38+,40+,41+,42+/m0/s1. The molecule has 2 heterocycles. The van der Waals surface area contributed by atoms with Gasteiger partial charge in [0.1, 0.15) is 42.7 Å².